The van der Waals surface area contributed by atoms with Crippen molar-refractivity contribution in [1.82, 2.24) is 4.90 Å². The van der Waals surface area contributed by atoms with E-state index < -0.39 is 0 Å². The quantitative estimate of drug-likeness (QED) is 0.786. The standard InChI is InChI=1S/C12H16ClNO/c1-9(15)8-14(3)10(2)11-6-4-5-7-12(11)13/h4-7,10H,8H2,1-3H3. The van der Waals surface area contributed by atoms with Crippen molar-refractivity contribution in [2.75, 3.05) is 13.6 Å². The molecule has 0 aliphatic heterocycles. The van der Waals surface area contributed by atoms with Gasteiger partial charge in [-0.1, -0.05) is 29.8 Å². The maximum Gasteiger partial charge on any atom is 0.143 e. The van der Waals surface area contributed by atoms with Crippen LogP contribution < -0.4 is 0 Å². The van der Waals surface area contributed by atoms with Gasteiger partial charge >= 0.3 is 0 Å². The Labute approximate surface area is 95.8 Å². The molecule has 0 heterocycles. The first-order chi connectivity index (χ1) is 7.02. The summed E-state index contributed by atoms with van der Waals surface area (Å²) in [7, 11) is 1.93. The van der Waals surface area contributed by atoms with E-state index in [1.807, 2.05) is 43.1 Å². The highest BCUT2D eigenvalue weighted by atomic mass is 35.5. The molecular formula is C12H16ClNO. The van der Waals surface area contributed by atoms with E-state index in [9.17, 15) is 4.79 Å². The topological polar surface area (TPSA) is 20.3 Å². The minimum absolute atomic E-state index is 0.155. The summed E-state index contributed by atoms with van der Waals surface area (Å²) < 4.78 is 0. The van der Waals surface area contributed by atoms with Gasteiger partial charge in [-0.25, -0.2) is 0 Å². The molecule has 15 heavy (non-hydrogen) atoms. The fraction of sp³-hybridized carbons (Fsp3) is 0.417. The molecule has 0 N–H and O–H groups in total. The van der Waals surface area contributed by atoms with Crippen LogP contribution in [0.1, 0.15) is 25.5 Å². The summed E-state index contributed by atoms with van der Waals surface area (Å²) in [6, 6.07) is 7.88. The summed E-state index contributed by atoms with van der Waals surface area (Å²) in [5, 5.41) is 0.750. The largest absolute Gasteiger partial charge is 0.299 e. The Bertz CT molecular complexity index is 351. The first-order valence-corrected chi connectivity index (χ1v) is 5.34. The van der Waals surface area contributed by atoms with Crippen LogP contribution in [0.25, 0.3) is 0 Å². The van der Waals surface area contributed by atoms with Crippen molar-refractivity contribution in [3.05, 3.63) is 34.9 Å². The van der Waals surface area contributed by atoms with Crippen LogP contribution in [0.3, 0.4) is 0 Å². The molecular weight excluding hydrogens is 210 g/mol. The number of carbonyl (C=O) groups excluding carboxylic acids is 1. The fourth-order valence-corrected chi connectivity index (χ4v) is 1.83. The molecule has 0 aromatic heterocycles. The molecule has 1 aromatic rings. The number of Topliss-reactive ketones (excluding diaryl/α,β-unsaturated/α-hetero) is 1. The van der Waals surface area contributed by atoms with Crippen molar-refractivity contribution >= 4 is 17.4 Å². The van der Waals surface area contributed by atoms with Crippen molar-refractivity contribution in [2.45, 2.75) is 19.9 Å². The smallest absolute Gasteiger partial charge is 0.143 e. The molecule has 3 heteroatoms. The summed E-state index contributed by atoms with van der Waals surface area (Å²) in [5.74, 6) is 0.163. The predicted octanol–water partition coefficient (Wildman–Crippen LogP) is 2.92. The number of benzene rings is 1. The van der Waals surface area contributed by atoms with Crippen molar-refractivity contribution in [3.63, 3.8) is 0 Å². The third kappa shape index (κ3) is 3.33. The second-order valence-corrected chi connectivity index (χ2v) is 4.22. The molecule has 0 radical (unpaired) electrons. The average molecular weight is 226 g/mol. The van der Waals surface area contributed by atoms with Crippen molar-refractivity contribution in [2.24, 2.45) is 0 Å². The number of rotatable bonds is 4. The molecule has 0 aliphatic rings. The van der Waals surface area contributed by atoms with Crippen LogP contribution in [-0.2, 0) is 4.79 Å². The van der Waals surface area contributed by atoms with E-state index in [1.54, 1.807) is 6.92 Å². The van der Waals surface area contributed by atoms with E-state index in [0.717, 1.165) is 10.6 Å². The molecule has 1 unspecified atom stereocenters. The van der Waals surface area contributed by atoms with E-state index in [0.29, 0.717) is 6.54 Å². The van der Waals surface area contributed by atoms with Crippen LogP contribution in [-0.4, -0.2) is 24.3 Å². The number of nitrogens with zero attached hydrogens (tertiary/aromatic N) is 1. The summed E-state index contributed by atoms with van der Waals surface area (Å²) in [6.07, 6.45) is 0. The molecule has 1 atom stereocenters. The molecule has 0 saturated carbocycles. The molecule has 1 aromatic carbocycles. The van der Waals surface area contributed by atoms with Crippen molar-refractivity contribution in [1.29, 1.82) is 0 Å². The number of likely N-dealkylation sites (N-methyl/N-ethyl adjacent to an activating group) is 1. The summed E-state index contributed by atoms with van der Waals surface area (Å²) in [4.78, 5) is 13.0. The van der Waals surface area contributed by atoms with E-state index in [1.165, 1.54) is 0 Å². The van der Waals surface area contributed by atoms with Crippen LogP contribution in [0, 0.1) is 0 Å². The third-order valence-electron chi connectivity index (χ3n) is 2.49. The number of hydrogen-bond acceptors (Lipinski definition) is 2. The zero-order chi connectivity index (χ0) is 11.4. The second-order valence-electron chi connectivity index (χ2n) is 3.81. The van der Waals surface area contributed by atoms with Gasteiger partial charge in [-0.15, -0.1) is 0 Å². The Morgan fingerprint density at radius 1 is 1.47 bits per heavy atom. The minimum atomic E-state index is 0.155. The van der Waals surface area contributed by atoms with Crippen LogP contribution in [0.15, 0.2) is 24.3 Å². The second kappa shape index (κ2) is 5.29. The van der Waals surface area contributed by atoms with Gasteiger partial charge in [-0.3, -0.25) is 9.69 Å². The molecule has 0 fully saturated rings. The van der Waals surface area contributed by atoms with Gasteiger partial charge in [-0.2, -0.15) is 0 Å². The van der Waals surface area contributed by atoms with Crippen molar-refractivity contribution < 1.29 is 4.79 Å². The van der Waals surface area contributed by atoms with Gasteiger partial charge in [0.15, 0.2) is 0 Å². The Hall–Kier alpha value is -0.860. The highest BCUT2D eigenvalue weighted by Crippen LogP contribution is 2.25. The summed E-state index contributed by atoms with van der Waals surface area (Å²) in [6.45, 7) is 4.09. The van der Waals surface area contributed by atoms with Gasteiger partial charge in [0.05, 0.1) is 6.54 Å². The fourth-order valence-electron chi connectivity index (χ4n) is 1.54. The Morgan fingerprint density at radius 2 is 2.07 bits per heavy atom. The van der Waals surface area contributed by atoms with Gasteiger partial charge in [0, 0.05) is 11.1 Å². The lowest BCUT2D eigenvalue weighted by atomic mass is 10.1. The zero-order valence-electron chi connectivity index (χ0n) is 9.33. The average Bonchev–Trinajstić information content (AvgIpc) is 2.16. The summed E-state index contributed by atoms with van der Waals surface area (Å²) >= 11 is 6.09. The number of ketones is 1. The molecule has 82 valence electrons. The first kappa shape index (κ1) is 12.2. The van der Waals surface area contributed by atoms with Crippen molar-refractivity contribution in [3.8, 4) is 0 Å². The van der Waals surface area contributed by atoms with Crippen LogP contribution in [0.5, 0.6) is 0 Å². The summed E-state index contributed by atoms with van der Waals surface area (Å²) in [5.41, 5.74) is 1.06. The lowest BCUT2D eigenvalue weighted by molar-refractivity contribution is -0.118. The SMILES string of the molecule is CC(=O)CN(C)C(C)c1ccccc1Cl. The molecule has 2 nitrogen and oxygen atoms in total. The van der Waals surface area contributed by atoms with Crippen LogP contribution in [0.2, 0.25) is 5.02 Å². The van der Waals surface area contributed by atoms with Crippen LogP contribution >= 0.6 is 11.6 Å². The Balaban J connectivity index is 2.80. The molecule has 0 aliphatic carbocycles. The first-order valence-electron chi connectivity index (χ1n) is 4.96. The predicted molar refractivity (Wildman–Crippen MR) is 63.2 cm³/mol. The number of carbonyl (C=O) groups is 1. The van der Waals surface area contributed by atoms with E-state index in [4.69, 9.17) is 11.6 Å². The lowest BCUT2D eigenvalue weighted by Crippen LogP contribution is -2.27. The lowest BCUT2D eigenvalue weighted by Gasteiger charge is -2.24. The van der Waals surface area contributed by atoms with Gasteiger partial charge in [0.2, 0.25) is 0 Å². The Morgan fingerprint density at radius 3 is 2.60 bits per heavy atom. The van der Waals surface area contributed by atoms with Gasteiger partial charge in [-0.05, 0) is 32.5 Å². The molecule has 0 spiro atoms. The van der Waals surface area contributed by atoms with E-state index >= 15 is 0 Å². The number of hydrogen-bond donors (Lipinski definition) is 0. The van der Waals surface area contributed by atoms with Gasteiger partial charge in [0.1, 0.15) is 5.78 Å². The highest BCUT2D eigenvalue weighted by Gasteiger charge is 2.14. The zero-order valence-corrected chi connectivity index (χ0v) is 10.1. The maximum atomic E-state index is 11.0. The van der Waals surface area contributed by atoms with E-state index in [-0.39, 0.29) is 11.8 Å². The number of halogens is 1. The van der Waals surface area contributed by atoms with Crippen LogP contribution in [0.4, 0.5) is 0 Å². The normalized spacial score (nSPS) is 12.9. The maximum absolute atomic E-state index is 11.0. The highest BCUT2D eigenvalue weighted by molar-refractivity contribution is 6.31. The Kier molecular flexibility index (Phi) is 4.30. The molecule has 0 saturated heterocycles. The molecule has 0 bridgehead atoms. The minimum Gasteiger partial charge on any atom is -0.299 e. The van der Waals surface area contributed by atoms with Gasteiger partial charge < -0.3 is 0 Å². The molecule has 0 amide bonds. The third-order valence-corrected chi connectivity index (χ3v) is 2.83. The monoisotopic (exact) mass is 225 g/mol. The molecule has 1 rings (SSSR count). The van der Waals surface area contributed by atoms with Gasteiger partial charge in [0.25, 0.3) is 0 Å². The van der Waals surface area contributed by atoms with E-state index in [2.05, 4.69) is 0 Å².